The molecule has 3 rings (SSSR count). The van der Waals surface area contributed by atoms with Crippen LogP contribution in [0.5, 0.6) is 0 Å². The van der Waals surface area contributed by atoms with Crippen molar-refractivity contribution in [1.29, 1.82) is 0 Å². The van der Waals surface area contributed by atoms with Crippen molar-refractivity contribution in [1.82, 2.24) is 4.90 Å². The number of likely N-dealkylation sites (tertiary alicyclic amines) is 1. The highest BCUT2D eigenvalue weighted by molar-refractivity contribution is 5.87. The molecule has 1 amide bonds. The Kier molecular flexibility index (Phi) is 4.62. The van der Waals surface area contributed by atoms with Gasteiger partial charge in [0.15, 0.2) is 5.60 Å². The van der Waals surface area contributed by atoms with Gasteiger partial charge in [-0.15, -0.1) is 0 Å². The van der Waals surface area contributed by atoms with Crippen LogP contribution in [0.1, 0.15) is 44.6 Å². The summed E-state index contributed by atoms with van der Waals surface area (Å²) in [4.78, 5) is 14.8. The van der Waals surface area contributed by atoms with Gasteiger partial charge in [0.05, 0.1) is 0 Å². The Hall–Kier alpha value is -1.53. The molecule has 25 heavy (non-hydrogen) atoms. The fraction of sp³-hybridized carbons (Fsp3) is 0.632. The van der Waals surface area contributed by atoms with Crippen LogP contribution in [0.25, 0.3) is 0 Å². The van der Waals surface area contributed by atoms with E-state index in [0.717, 1.165) is 0 Å². The Labute approximate surface area is 147 Å². The standard InChI is InChI=1S/C19H26F2N2O2/c1-17(22)9-11-23(12-10-17)16(24)19(25,14-5-3-2-4-6-14)15-7-8-18(20,21)13-15/h2-6,15,25H,7-13,22H2,1H3/t15-,19?/m1/s1. The van der Waals surface area contributed by atoms with Gasteiger partial charge in [-0.1, -0.05) is 30.3 Å². The van der Waals surface area contributed by atoms with Gasteiger partial charge in [0.25, 0.3) is 5.91 Å². The molecule has 1 aromatic carbocycles. The molecule has 1 aliphatic heterocycles. The predicted molar refractivity (Wildman–Crippen MR) is 91.0 cm³/mol. The zero-order valence-electron chi connectivity index (χ0n) is 14.5. The van der Waals surface area contributed by atoms with Crippen LogP contribution in [0.4, 0.5) is 8.78 Å². The number of rotatable bonds is 3. The van der Waals surface area contributed by atoms with Gasteiger partial charge in [0.2, 0.25) is 5.92 Å². The van der Waals surface area contributed by atoms with Crippen LogP contribution >= 0.6 is 0 Å². The SMILES string of the molecule is CC1(N)CCN(C(=O)C(O)(c2ccccc2)[C@@H]2CCC(F)(F)C2)CC1. The van der Waals surface area contributed by atoms with E-state index in [4.69, 9.17) is 5.73 Å². The smallest absolute Gasteiger partial charge is 0.259 e. The molecule has 1 heterocycles. The molecule has 138 valence electrons. The van der Waals surface area contributed by atoms with Crippen LogP contribution in [0, 0.1) is 5.92 Å². The maximum Gasteiger partial charge on any atom is 0.259 e. The van der Waals surface area contributed by atoms with Gasteiger partial charge in [-0.05, 0) is 31.7 Å². The van der Waals surface area contributed by atoms with Crippen molar-refractivity contribution in [2.75, 3.05) is 13.1 Å². The highest BCUT2D eigenvalue weighted by Gasteiger charge is 2.54. The fourth-order valence-electron chi connectivity index (χ4n) is 3.99. The molecule has 2 aliphatic rings. The number of halogens is 2. The number of nitrogens with two attached hydrogens (primary N) is 1. The summed E-state index contributed by atoms with van der Waals surface area (Å²) in [6, 6.07) is 8.50. The third kappa shape index (κ3) is 3.55. The summed E-state index contributed by atoms with van der Waals surface area (Å²) in [7, 11) is 0. The molecule has 1 aliphatic carbocycles. The predicted octanol–water partition coefficient (Wildman–Crippen LogP) is 2.65. The molecule has 0 aromatic heterocycles. The number of benzene rings is 1. The minimum absolute atomic E-state index is 0.132. The molecule has 1 saturated carbocycles. The highest BCUT2D eigenvalue weighted by atomic mass is 19.3. The Balaban J connectivity index is 1.91. The molecule has 1 aromatic rings. The molecule has 0 bridgehead atoms. The average Bonchev–Trinajstić information content (AvgIpc) is 2.95. The second kappa shape index (κ2) is 6.32. The van der Waals surface area contributed by atoms with E-state index in [2.05, 4.69) is 0 Å². The zero-order valence-corrected chi connectivity index (χ0v) is 14.5. The van der Waals surface area contributed by atoms with E-state index in [1.54, 1.807) is 35.2 Å². The lowest BCUT2D eigenvalue weighted by Gasteiger charge is -2.42. The first-order valence-corrected chi connectivity index (χ1v) is 8.88. The number of carbonyl (C=O) groups excluding carboxylic acids is 1. The molecular weight excluding hydrogens is 326 g/mol. The molecule has 1 unspecified atom stereocenters. The molecule has 0 spiro atoms. The lowest BCUT2D eigenvalue weighted by Crippen LogP contribution is -2.56. The van der Waals surface area contributed by atoms with Crippen molar-refractivity contribution in [3.8, 4) is 0 Å². The number of piperidine rings is 1. The summed E-state index contributed by atoms with van der Waals surface area (Å²) >= 11 is 0. The third-order valence-corrected chi connectivity index (χ3v) is 5.73. The Morgan fingerprint density at radius 2 is 1.84 bits per heavy atom. The van der Waals surface area contributed by atoms with Crippen LogP contribution < -0.4 is 5.73 Å². The normalized spacial score (nSPS) is 27.7. The number of aliphatic hydroxyl groups is 1. The molecule has 4 nitrogen and oxygen atoms in total. The van der Waals surface area contributed by atoms with E-state index in [1.165, 1.54) is 0 Å². The molecule has 0 radical (unpaired) electrons. The number of alkyl halides is 2. The second-order valence-corrected chi connectivity index (χ2v) is 7.87. The molecular formula is C19H26F2N2O2. The van der Waals surface area contributed by atoms with Crippen molar-refractivity contribution in [2.24, 2.45) is 11.7 Å². The number of hydrogen-bond donors (Lipinski definition) is 2. The monoisotopic (exact) mass is 352 g/mol. The van der Waals surface area contributed by atoms with Crippen LogP contribution in [0.2, 0.25) is 0 Å². The van der Waals surface area contributed by atoms with Gasteiger partial charge in [0, 0.05) is 37.4 Å². The zero-order chi connectivity index (χ0) is 18.3. The number of amides is 1. The van der Waals surface area contributed by atoms with Gasteiger partial charge in [-0.3, -0.25) is 4.79 Å². The van der Waals surface area contributed by atoms with Crippen molar-refractivity contribution < 1.29 is 18.7 Å². The molecule has 1 saturated heterocycles. The van der Waals surface area contributed by atoms with E-state index >= 15 is 0 Å². The largest absolute Gasteiger partial charge is 0.375 e. The first kappa shape index (κ1) is 18.3. The second-order valence-electron chi connectivity index (χ2n) is 7.87. The van der Waals surface area contributed by atoms with E-state index in [1.807, 2.05) is 6.92 Å². The molecule has 3 N–H and O–H groups in total. The Morgan fingerprint density at radius 3 is 2.36 bits per heavy atom. The van der Waals surface area contributed by atoms with Crippen molar-refractivity contribution in [3.63, 3.8) is 0 Å². The number of hydrogen-bond acceptors (Lipinski definition) is 3. The lowest BCUT2D eigenvalue weighted by atomic mass is 9.78. The van der Waals surface area contributed by atoms with Gasteiger partial charge in [-0.2, -0.15) is 0 Å². The Bertz CT molecular complexity index is 626. The van der Waals surface area contributed by atoms with Crippen LogP contribution in [-0.4, -0.2) is 40.5 Å². The average molecular weight is 352 g/mol. The van der Waals surface area contributed by atoms with Gasteiger partial charge >= 0.3 is 0 Å². The third-order valence-electron chi connectivity index (χ3n) is 5.73. The quantitative estimate of drug-likeness (QED) is 0.879. The number of carbonyl (C=O) groups is 1. The molecule has 6 heteroatoms. The fourth-order valence-corrected chi connectivity index (χ4v) is 3.99. The first-order chi connectivity index (χ1) is 11.6. The van der Waals surface area contributed by atoms with E-state index in [0.29, 0.717) is 31.5 Å². The number of nitrogens with zero attached hydrogens (tertiary/aromatic N) is 1. The summed E-state index contributed by atoms with van der Waals surface area (Å²) in [5, 5.41) is 11.4. The van der Waals surface area contributed by atoms with Crippen molar-refractivity contribution in [2.45, 2.75) is 56.1 Å². The van der Waals surface area contributed by atoms with Gasteiger partial charge in [0.1, 0.15) is 0 Å². The maximum atomic E-state index is 13.8. The minimum atomic E-state index is -2.83. The van der Waals surface area contributed by atoms with Gasteiger partial charge in [-0.25, -0.2) is 8.78 Å². The van der Waals surface area contributed by atoms with E-state index in [-0.39, 0.29) is 18.4 Å². The first-order valence-electron chi connectivity index (χ1n) is 8.88. The van der Waals surface area contributed by atoms with E-state index in [9.17, 15) is 18.7 Å². The Morgan fingerprint density at radius 1 is 1.24 bits per heavy atom. The van der Waals surface area contributed by atoms with Crippen molar-refractivity contribution in [3.05, 3.63) is 35.9 Å². The van der Waals surface area contributed by atoms with Crippen molar-refractivity contribution >= 4 is 5.91 Å². The summed E-state index contributed by atoms with van der Waals surface area (Å²) in [5.41, 5.74) is 4.27. The highest BCUT2D eigenvalue weighted by Crippen LogP contribution is 2.48. The van der Waals surface area contributed by atoms with Gasteiger partial charge < -0.3 is 15.7 Å². The lowest BCUT2D eigenvalue weighted by molar-refractivity contribution is -0.162. The molecule has 2 atom stereocenters. The van der Waals surface area contributed by atoms with E-state index < -0.39 is 29.8 Å². The molecule has 2 fully saturated rings. The summed E-state index contributed by atoms with van der Waals surface area (Å²) in [6.07, 6.45) is 0.634. The topological polar surface area (TPSA) is 66.6 Å². The summed E-state index contributed by atoms with van der Waals surface area (Å²) in [5.74, 6) is -4.09. The van der Waals surface area contributed by atoms with Crippen LogP contribution in [-0.2, 0) is 10.4 Å². The summed E-state index contributed by atoms with van der Waals surface area (Å²) in [6.45, 7) is 2.81. The van der Waals surface area contributed by atoms with Crippen LogP contribution in [0.3, 0.4) is 0 Å². The summed E-state index contributed by atoms with van der Waals surface area (Å²) < 4.78 is 27.6. The van der Waals surface area contributed by atoms with Crippen LogP contribution in [0.15, 0.2) is 30.3 Å². The maximum absolute atomic E-state index is 13.8. The minimum Gasteiger partial charge on any atom is -0.375 e.